The summed E-state index contributed by atoms with van der Waals surface area (Å²) in [4.78, 5) is 0. The predicted molar refractivity (Wildman–Crippen MR) is 57.2 cm³/mol. The van der Waals surface area contributed by atoms with Crippen LogP contribution in [0.15, 0.2) is 18.2 Å². The van der Waals surface area contributed by atoms with E-state index in [1.54, 1.807) is 12.1 Å². The van der Waals surface area contributed by atoms with Crippen LogP contribution in [0.5, 0.6) is 0 Å². The normalized spacial score (nSPS) is 10.0. The summed E-state index contributed by atoms with van der Waals surface area (Å²) in [5, 5.41) is 29.2. The van der Waals surface area contributed by atoms with Gasteiger partial charge in [0.25, 0.3) is 0 Å². The standard InChI is InChI=1S/C10H13N3O2/c11-4-7-1-2-10(9(12)3-7)13-8(5-14)6-15/h1-3,8,13-15H,5-6,12H2. The molecule has 0 amide bonds. The van der Waals surface area contributed by atoms with Gasteiger partial charge in [0.05, 0.1) is 42.3 Å². The molecule has 80 valence electrons. The Morgan fingerprint density at radius 3 is 2.53 bits per heavy atom. The molecule has 0 atom stereocenters. The number of nitriles is 1. The van der Waals surface area contributed by atoms with Crippen molar-refractivity contribution in [1.29, 1.82) is 5.26 Å². The van der Waals surface area contributed by atoms with E-state index >= 15 is 0 Å². The molecular weight excluding hydrogens is 194 g/mol. The second-order valence-corrected chi connectivity index (χ2v) is 3.12. The molecule has 0 saturated heterocycles. The van der Waals surface area contributed by atoms with Crippen molar-refractivity contribution in [2.24, 2.45) is 0 Å². The van der Waals surface area contributed by atoms with Gasteiger partial charge in [-0.15, -0.1) is 0 Å². The van der Waals surface area contributed by atoms with Crippen molar-refractivity contribution >= 4 is 11.4 Å². The van der Waals surface area contributed by atoms with Gasteiger partial charge < -0.3 is 21.3 Å². The number of nitrogen functional groups attached to an aromatic ring is 1. The van der Waals surface area contributed by atoms with Crippen molar-refractivity contribution in [2.75, 3.05) is 24.3 Å². The monoisotopic (exact) mass is 207 g/mol. The van der Waals surface area contributed by atoms with Crippen molar-refractivity contribution in [3.05, 3.63) is 23.8 Å². The number of nitrogens with one attached hydrogen (secondary N) is 1. The number of aliphatic hydroxyl groups is 2. The number of hydrogen-bond donors (Lipinski definition) is 4. The van der Waals surface area contributed by atoms with Gasteiger partial charge in [-0.25, -0.2) is 0 Å². The third kappa shape index (κ3) is 2.84. The number of anilines is 2. The van der Waals surface area contributed by atoms with Crippen molar-refractivity contribution in [3.8, 4) is 6.07 Å². The van der Waals surface area contributed by atoms with Gasteiger partial charge in [0.2, 0.25) is 0 Å². The Morgan fingerprint density at radius 1 is 1.40 bits per heavy atom. The van der Waals surface area contributed by atoms with Crippen LogP contribution < -0.4 is 11.1 Å². The Kier molecular flexibility index (Phi) is 3.92. The van der Waals surface area contributed by atoms with Crippen LogP contribution in [0.4, 0.5) is 11.4 Å². The highest BCUT2D eigenvalue weighted by Gasteiger charge is 2.07. The molecule has 0 saturated carbocycles. The van der Waals surface area contributed by atoms with Gasteiger partial charge in [-0.05, 0) is 18.2 Å². The molecule has 0 spiro atoms. The summed E-state index contributed by atoms with van der Waals surface area (Å²) in [6.45, 7) is -0.369. The summed E-state index contributed by atoms with van der Waals surface area (Å²) in [5.74, 6) is 0. The molecule has 1 aromatic carbocycles. The molecule has 0 fully saturated rings. The maximum Gasteiger partial charge on any atom is 0.0992 e. The summed E-state index contributed by atoms with van der Waals surface area (Å²) in [6.07, 6.45) is 0. The second kappa shape index (κ2) is 5.20. The minimum absolute atomic E-state index is 0.185. The minimum Gasteiger partial charge on any atom is -0.397 e. The summed E-state index contributed by atoms with van der Waals surface area (Å²) >= 11 is 0. The molecule has 0 aliphatic rings. The molecule has 5 heteroatoms. The highest BCUT2D eigenvalue weighted by Crippen LogP contribution is 2.20. The average molecular weight is 207 g/mol. The fourth-order valence-corrected chi connectivity index (χ4v) is 1.13. The Labute approximate surface area is 87.8 Å². The van der Waals surface area contributed by atoms with Crippen LogP contribution in [0.3, 0.4) is 0 Å². The van der Waals surface area contributed by atoms with Crippen LogP contribution in [0, 0.1) is 11.3 Å². The van der Waals surface area contributed by atoms with Crippen LogP contribution >= 0.6 is 0 Å². The van der Waals surface area contributed by atoms with Crippen LogP contribution in [-0.2, 0) is 0 Å². The Balaban J connectivity index is 2.83. The zero-order valence-corrected chi connectivity index (χ0v) is 8.14. The topological polar surface area (TPSA) is 102 Å². The van der Waals surface area contributed by atoms with E-state index in [1.807, 2.05) is 6.07 Å². The molecule has 15 heavy (non-hydrogen) atoms. The zero-order chi connectivity index (χ0) is 11.3. The number of aliphatic hydroxyl groups excluding tert-OH is 2. The molecule has 0 aromatic heterocycles. The smallest absolute Gasteiger partial charge is 0.0992 e. The second-order valence-electron chi connectivity index (χ2n) is 3.12. The van der Waals surface area contributed by atoms with Gasteiger partial charge in [0.1, 0.15) is 0 Å². The lowest BCUT2D eigenvalue weighted by Crippen LogP contribution is -2.28. The first-order valence-electron chi connectivity index (χ1n) is 4.49. The molecule has 0 aliphatic heterocycles. The largest absolute Gasteiger partial charge is 0.397 e. The quantitative estimate of drug-likeness (QED) is 0.516. The predicted octanol–water partition coefficient (Wildman–Crippen LogP) is -0.0944. The van der Waals surface area contributed by atoms with Crippen LogP contribution in [-0.4, -0.2) is 29.5 Å². The molecule has 0 bridgehead atoms. The summed E-state index contributed by atoms with van der Waals surface area (Å²) in [6, 6.07) is 6.32. The first kappa shape index (κ1) is 11.3. The fraction of sp³-hybridized carbons (Fsp3) is 0.300. The van der Waals surface area contributed by atoms with Gasteiger partial charge in [-0.1, -0.05) is 0 Å². The third-order valence-corrected chi connectivity index (χ3v) is 1.98. The van der Waals surface area contributed by atoms with Crippen molar-refractivity contribution in [3.63, 3.8) is 0 Å². The van der Waals surface area contributed by atoms with E-state index in [0.717, 1.165) is 0 Å². The van der Waals surface area contributed by atoms with Gasteiger partial charge in [0, 0.05) is 0 Å². The van der Waals surface area contributed by atoms with E-state index in [0.29, 0.717) is 16.9 Å². The fourth-order valence-electron chi connectivity index (χ4n) is 1.13. The highest BCUT2D eigenvalue weighted by molar-refractivity contribution is 5.68. The van der Waals surface area contributed by atoms with Crippen LogP contribution in [0.2, 0.25) is 0 Å². The van der Waals surface area contributed by atoms with E-state index in [-0.39, 0.29) is 13.2 Å². The molecule has 1 rings (SSSR count). The van der Waals surface area contributed by atoms with Gasteiger partial charge in [0.15, 0.2) is 0 Å². The first-order chi connectivity index (χ1) is 7.21. The number of nitrogens with two attached hydrogens (primary N) is 1. The maximum atomic E-state index is 8.86. The number of nitrogens with zero attached hydrogens (tertiary/aromatic N) is 1. The summed E-state index contributed by atoms with van der Waals surface area (Å²) in [7, 11) is 0. The lowest BCUT2D eigenvalue weighted by molar-refractivity contribution is 0.204. The van der Waals surface area contributed by atoms with E-state index in [1.165, 1.54) is 6.07 Å². The minimum atomic E-state index is -0.444. The number of hydrogen-bond acceptors (Lipinski definition) is 5. The molecule has 5 N–H and O–H groups in total. The lowest BCUT2D eigenvalue weighted by Gasteiger charge is -2.16. The van der Waals surface area contributed by atoms with Crippen molar-refractivity contribution < 1.29 is 10.2 Å². The zero-order valence-electron chi connectivity index (χ0n) is 8.14. The first-order valence-corrected chi connectivity index (χ1v) is 4.49. The SMILES string of the molecule is N#Cc1ccc(NC(CO)CO)c(N)c1. The van der Waals surface area contributed by atoms with Crippen molar-refractivity contribution in [2.45, 2.75) is 6.04 Å². The van der Waals surface area contributed by atoms with E-state index in [9.17, 15) is 0 Å². The van der Waals surface area contributed by atoms with E-state index in [4.69, 9.17) is 21.2 Å². The Hall–Kier alpha value is -1.77. The highest BCUT2D eigenvalue weighted by atomic mass is 16.3. The molecule has 1 aromatic rings. The van der Waals surface area contributed by atoms with Gasteiger partial charge >= 0.3 is 0 Å². The average Bonchev–Trinajstić information content (AvgIpc) is 2.27. The molecule has 0 radical (unpaired) electrons. The molecular formula is C10H13N3O2. The number of rotatable bonds is 4. The lowest BCUT2D eigenvalue weighted by atomic mass is 10.1. The Bertz CT molecular complexity index is 369. The van der Waals surface area contributed by atoms with Gasteiger partial charge in [-0.2, -0.15) is 5.26 Å². The molecule has 0 unspecified atom stereocenters. The van der Waals surface area contributed by atoms with E-state index < -0.39 is 6.04 Å². The maximum absolute atomic E-state index is 8.86. The van der Waals surface area contributed by atoms with Crippen LogP contribution in [0.25, 0.3) is 0 Å². The third-order valence-electron chi connectivity index (χ3n) is 1.98. The summed E-state index contributed by atoms with van der Waals surface area (Å²) < 4.78 is 0. The Morgan fingerprint density at radius 2 is 2.07 bits per heavy atom. The number of benzene rings is 1. The molecule has 0 aliphatic carbocycles. The van der Waals surface area contributed by atoms with E-state index in [2.05, 4.69) is 5.32 Å². The summed E-state index contributed by atoms with van der Waals surface area (Å²) in [5.41, 5.74) is 7.17. The van der Waals surface area contributed by atoms with Gasteiger partial charge in [-0.3, -0.25) is 0 Å². The molecule has 5 nitrogen and oxygen atoms in total. The molecule has 0 heterocycles. The van der Waals surface area contributed by atoms with Crippen LogP contribution in [0.1, 0.15) is 5.56 Å². The van der Waals surface area contributed by atoms with Crippen molar-refractivity contribution in [1.82, 2.24) is 0 Å².